The summed E-state index contributed by atoms with van der Waals surface area (Å²) in [5, 5.41) is 2.88. The van der Waals surface area contributed by atoms with Crippen molar-refractivity contribution >= 4 is 44.6 Å². The van der Waals surface area contributed by atoms with Crippen molar-refractivity contribution in [3.05, 3.63) is 43.8 Å². The Morgan fingerprint density at radius 3 is 2.67 bits per heavy atom. The van der Waals surface area contributed by atoms with E-state index >= 15 is 0 Å². The van der Waals surface area contributed by atoms with Gasteiger partial charge in [-0.25, -0.2) is 18.1 Å². The maximum atomic E-state index is 12.3. The lowest BCUT2D eigenvalue weighted by molar-refractivity contribution is 0.581. The first kappa shape index (κ1) is 16.7. The van der Waals surface area contributed by atoms with E-state index in [1.54, 1.807) is 6.07 Å². The van der Waals surface area contributed by atoms with Gasteiger partial charge in [-0.05, 0) is 24.6 Å². The fraction of sp³-hybridized carbons (Fsp3) is 0.250. The zero-order valence-electron chi connectivity index (χ0n) is 11.1. The van der Waals surface area contributed by atoms with E-state index in [9.17, 15) is 8.42 Å². The second kappa shape index (κ2) is 6.60. The molecule has 0 bridgehead atoms. The van der Waals surface area contributed by atoms with Gasteiger partial charge in [0.2, 0.25) is 10.0 Å². The molecule has 9 heteroatoms. The predicted octanol–water partition coefficient (Wildman–Crippen LogP) is 2.70. The van der Waals surface area contributed by atoms with Gasteiger partial charge in [-0.2, -0.15) is 0 Å². The van der Waals surface area contributed by atoms with Gasteiger partial charge in [0, 0.05) is 22.6 Å². The van der Waals surface area contributed by atoms with Crippen molar-refractivity contribution in [3.8, 4) is 0 Å². The van der Waals surface area contributed by atoms with Crippen LogP contribution in [0.3, 0.4) is 0 Å². The van der Waals surface area contributed by atoms with Crippen molar-refractivity contribution < 1.29 is 8.42 Å². The number of aromatic nitrogens is 1. The third-order valence-corrected chi connectivity index (χ3v) is 5.84. The van der Waals surface area contributed by atoms with Gasteiger partial charge in [0.25, 0.3) is 0 Å². The molecular weight excluding hydrogens is 353 g/mol. The number of halogens is 2. The number of benzene rings is 1. The van der Waals surface area contributed by atoms with Gasteiger partial charge < -0.3 is 5.73 Å². The summed E-state index contributed by atoms with van der Waals surface area (Å²) in [4.78, 5) is 4.12. The third kappa shape index (κ3) is 3.94. The highest BCUT2D eigenvalue weighted by atomic mass is 35.5. The maximum absolute atomic E-state index is 12.3. The van der Waals surface area contributed by atoms with Gasteiger partial charge in [-0.15, -0.1) is 11.3 Å². The molecule has 2 rings (SSSR count). The normalized spacial score (nSPS) is 11.8. The summed E-state index contributed by atoms with van der Waals surface area (Å²) in [5.41, 5.74) is 6.86. The molecule has 21 heavy (non-hydrogen) atoms. The highest BCUT2D eigenvalue weighted by Gasteiger charge is 2.21. The number of hydrogen-bond acceptors (Lipinski definition) is 5. The van der Waals surface area contributed by atoms with Crippen LogP contribution >= 0.6 is 34.5 Å². The first-order valence-electron chi connectivity index (χ1n) is 5.92. The lowest BCUT2D eigenvalue weighted by Gasteiger charge is -2.11. The van der Waals surface area contributed by atoms with Crippen LogP contribution < -0.4 is 10.5 Å². The van der Waals surface area contributed by atoms with Crippen LogP contribution in [0.4, 0.5) is 0 Å². The molecule has 1 aromatic carbocycles. The fourth-order valence-electron chi connectivity index (χ4n) is 1.68. The molecule has 1 heterocycles. The molecule has 0 spiro atoms. The lowest BCUT2D eigenvalue weighted by Crippen LogP contribution is -2.24. The molecule has 5 nitrogen and oxygen atoms in total. The molecule has 2 aromatic rings. The standard InChI is InChI=1S/C12H13Cl2N3O2S2/c1-7-6-20-11(17-7)5-16-21(18,19)10-3-9(13)2-8(4-15)12(10)14/h2-3,6,16H,4-5,15H2,1H3. The van der Waals surface area contributed by atoms with Crippen molar-refractivity contribution in [2.75, 3.05) is 0 Å². The smallest absolute Gasteiger partial charge is 0.242 e. The molecule has 1 aromatic heterocycles. The van der Waals surface area contributed by atoms with Crippen LogP contribution in [-0.4, -0.2) is 13.4 Å². The van der Waals surface area contributed by atoms with Crippen LogP contribution in [0.25, 0.3) is 0 Å². The van der Waals surface area contributed by atoms with Gasteiger partial charge in [0.15, 0.2) is 0 Å². The van der Waals surface area contributed by atoms with Crippen LogP contribution in [-0.2, 0) is 23.1 Å². The quantitative estimate of drug-likeness (QED) is 0.852. The van der Waals surface area contributed by atoms with Crippen molar-refractivity contribution in [1.82, 2.24) is 9.71 Å². The number of sulfonamides is 1. The minimum Gasteiger partial charge on any atom is -0.326 e. The molecule has 0 atom stereocenters. The van der Waals surface area contributed by atoms with Crippen LogP contribution in [0.15, 0.2) is 22.4 Å². The molecule has 0 aliphatic heterocycles. The Morgan fingerprint density at radius 2 is 2.10 bits per heavy atom. The molecule has 0 amide bonds. The van der Waals surface area contributed by atoms with Crippen molar-refractivity contribution in [2.45, 2.75) is 24.9 Å². The van der Waals surface area contributed by atoms with E-state index in [4.69, 9.17) is 28.9 Å². The highest BCUT2D eigenvalue weighted by molar-refractivity contribution is 7.89. The highest BCUT2D eigenvalue weighted by Crippen LogP contribution is 2.29. The molecule has 0 saturated carbocycles. The number of hydrogen-bond donors (Lipinski definition) is 2. The van der Waals surface area contributed by atoms with Gasteiger partial charge in [-0.1, -0.05) is 23.2 Å². The predicted molar refractivity (Wildman–Crippen MR) is 85.2 cm³/mol. The molecule has 0 unspecified atom stereocenters. The van der Waals surface area contributed by atoms with Crippen molar-refractivity contribution in [1.29, 1.82) is 0 Å². The van der Waals surface area contributed by atoms with E-state index in [0.717, 1.165) is 5.69 Å². The number of nitrogens with zero attached hydrogens (tertiary/aromatic N) is 1. The average molecular weight is 366 g/mol. The molecule has 3 N–H and O–H groups in total. The number of aryl methyl sites for hydroxylation is 1. The SMILES string of the molecule is Cc1csc(CNS(=O)(=O)c2cc(Cl)cc(CN)c2Cl)n1. The van der Waals surface area contributed by atoms with E-state index in [2.05, 4.69) is 9.71 Å². The first-order valence-corrected chi connectivity index (χ1v) is 9.04. The Bertz CT molecular complexity index is 760. The molecule has 0 saturated heterocycles. The van der Waals surface area contributed by atoms with Crippen LogP contribution in [0, 0.1) is 6.92 Å². The zero-order valence-corrected chi connectivity index (χ0v) is 14.2. The number of rotatable bonds is 5. The van der Waals surface area contributed by atoms with Crippen molar-refractivity contribution in [2.24, 2.45) is 5.73 Å². The zero-order chi connectivity index (χ0) is 15.6. The van der Waals surface area contributed by atoms with E-state index in [-0.39, 0.29) is 28.0 Å². The second-order valence-corrected chi connectivity index (χ2v) is 7.78. The number of thiazole rings is 1. The Morgan fingerprint density at radius 1 is 1.38 bits per heavy atom. The largest absolute Gasteiger partial charge is 0.326 e. The lowest BCUT2D eigenvalue weighted by atomic mass is 10.2. The van der Waals surface area contributed by atoms with Gasteiger partial charge in [0.05, 0.1) is 11.6 Å². The maximum Gasteiger partial charge on any atom is 0.242 e. The Balaban J connectivity index is 2.29. The van der Waals surface area contributed by atoms with Crippen LogP contribution in [0.1, 0.15) is 16.3 Å². The number of nitrogens with two attached hydrogens (primary N) is 1. The van der Waals surface area contributed by atoms with E-state index in [1.807, 2.05) is 12.3 Å². The molecule has 0 aliphatic rings. The van der Waals surface area contributed by atoms with Gasteiger partial charge >= 0.3 is 0 Å². The topological polar surface area (TPSA) is 85.1 Å². The Hall–Kier alpha value is -0.700. The second-order valence-electron chi connectivity index (χ2n) is 4.29. The molecule has 0 radical (unpaired) electrons. The van der Waals surface area contributed by atoms with E-state index in [1.165, 1.54) is 17.4 Å². The average Bonchev–Trinajstić information content (AvgIpc) is 2.84. The minimum absolute atomic E-state index is 0.0783. The van der Waals surface area contributed by atoms with Gasteiger partial charge in [0.1, 0.15) is 9.90 Å². The Labute approximate surface area is 137 Å². The molecule has 0 aliphatic carbocycles. The summed E-state index contributed by atoms with van der Waals surface area (Å²) in [5.74, 6) is 0. The summed E-state index contributed by atoms with van der Waals surface area (Å²) < 4.78 is 27.1. The summed E-state index contributed by atoms with van der Waals surface area (Å²) in [6.45, 7) is 2.05. The monoisotopic (exact) mass is 365 g/mol. The van der Waals surface area contributed by atoms with Crippen molar-refractivity contribution in [3.63, 3.8) is 0 Å². The summed E-state index contributed by atoms with van der Waals surface area (Å²) in [6.07, 6.45) is 0. The summed E-state index contributed by atoms with van der Waals surface area (Å²) in [7, 11) is -3.79. The third-order valence-electron chi connectivity index (χ3n) is 2.67. The van der Waals surface area contributed by atoms with Crippen LogP contribution in [0.5, 0.6) is 0 Å². The first-order chi connectivity index (χ1) is 9.83. The van der Waals surface area contributed by atoms with E-state index < -0.39 is 10.0 Å². The fourth-order valence-corrected chi connectivity index (χ4v) is 4.41. The minimum atomic E-state index is -3.79. The summed E-state index contributed by atoms with van der Waals surface area (Å²) >= 11 is 13.4. The Kier molecular flexibility index (Phi) is 5.24. The molecule has 114 valence electrons. The van der Waals surface area contributed by atoms with E-state index in [0.29, 0.717) is 10.6 Å². The summed E-state index contributed by atoms with van der Waals surface area (Å²) in [6, 6.07) is 2.85. The van der Waals surface area contributed by atoms with Crippen LogP contribution in [0.2, 0.25) is 10.0 Å². The molecular formula is C12H13Cl2N3O2S2. The number of nitrogens with one attached hydrogen (secondary N) is 1. The van der Waals surface area contributed by atoms with Gasteiger partial charge in [-0.3, -0.25) is 0 Å². The molecule has 0 fully saturated rings.